The monoisotopic (exact) mass is 254 g/mol. The molecule has 2 nitrogen and oxygen atoms in total. The van der Waals surface area contributed by atoms with E-state index in [2.05, 4.69) is 24.3 Å². The van der Waals surface area contributed by atoms with E-state index in [1.165, 1.54) is 0 Å². The molecule has 0 aliphatic heterocycles. The van der Waals surface area contributed by atoms with Gasteiger partial charge in [0, 0.05) is 7.11 Å². The second kappa shape index (κ2) is 6.76. The van der Waals surface area contributed by atoms with E-state index in [4.69, 9.17) is 9.47 Å². The van der Waals surface area contributed by atoms with Gasteiger partial charge in [-0.1, -0.05) is 42.5 Å². The molecule has 98 valence electrons. The van der Waals surface area contributed by atoms with Gasteiger partial charge in [0.05, 0.1) is 13.7 Å². The van der Waals surface area contributed by atoms with E-state index in [-0.39, 0.29) is 0 Å². The zero-order chi connectivity index (χ0) is 13.5. The van der Waals surface area contributed by atoms with Crippen LogP contribution in [0, 0.1) is 0 Å². The minimum Gasteiger partial charge on any atom is -0.497 e. The van der Waals surface area contributed by atoms with Crippen molar-refractivity contribution in [1.82, 2.24) is 0 Å². The van der Waals surface area contributed by atoms with Gasteiger partial charge in [-0.25, -0.2) is 0 Å². The number of rotatable bonds is 5. The molecule has 0 radical (unpaired) electrons. The van der Waals surface area contributed by atoms with E-state index in [0.717, 1.165) is 22.4 Å². The van der Waals surface area contributed by atoms with Gasteiger partial charge in [-0.3, -0.25) is 0 Å². The van der Waals surface area contributed by atoms with Crippen LogP contribution < -0.4 is 4.74 Å². The first-order chi connectivity index (χ1) is 9.33. The lowest BCUT2D eigenvalue weighted by Crippen LogP contribution is -1.95. The van der Waals surface area contributed by atoms with Crippen LogP contribution in [0.25, 0.3) is 11.6 Å². The smallest absolute Gasteiger partial charge is 0.119 e. The Balaban J connectivity index is 2.36. The summed E-state index contributed by atoms with van der Waals surface area (Å²) in [7, 11) is 3.38. The van der Waals surface area contributed by atoms with Gasteiger partial charge in [-0.15, -0.1) is 0 Å². The van der Waals surface area contributed by atoms with Crippen LogP contribution in [0.2, 0.25) is 0 Å². The molecule has 2 aromatic rings. The van der Waals surface area contributed by atoms with Crippen molar-refractivity contribution < 1.29 is 9.47 Å². The molecule has 0 saturated carbocycles. The first-order valence-electron chi connectivity index (χ1n) is 6.22. The van der Waals surface area contributed by atoms with Gasteiger partial charge in [0.25, 0.3) is 0 Å². The first kappa shape index (κ1) is 13.4. The van der Waals surface area contributed by atoms with Crippen molar-refractivity contribution >= 4 is 11.6 Å². The van der Waals surface area contributed by atoms with Crippen LogP contribution in [-0.2, 0) is 4.74 Å². The molecule has 0 fully saturated rings. The SMILES string of the molecule is COC/C(=C\c1ccccc1)c1cccc(OC)c1. The molecular weight excluding hydrogens is 236 g/mol. The maximum Gasteiger partial charge on any atom is 0.119 e. The summed E-state index contributed by atoms with van der Waals surface area (Å²) in [5.41, 5.74) is 3.41. The Kier molecular flexibility index (Phi) is 4.76. The predicted octanol–water partition coefficient (Wildman–Crippen LogP) is 3.88. The Hall–Kier alpha value is -2.06. The molecule has 2 heteroatoms. The molecule has 0 atom stereocenters. The Labute approximate surface area is 114 Å². The Morgan fingerprint density at radius 1 is 1.00 bits per heavy atom. The highest BCUT2D eigenvalue weighted by atomic mass is 16.5. The summed E-state index contributed by atoms with van der Waals surface area (Å²) in [6.45, 7) is 0.571. The molecule has 0 unspecified atom stereocenters. The van der Waals surface area contributed by atoms with E-state index in [1.807, 2.05) is 36.4 Å². The second-order valence-corrected chi connectivity index (χ2v) is 4.25. The van der Waals surface area contributed by atoms with E-state index in [1.54, 1.807) is 14.2 Å². The summed E-state index contributed by atoms with van der Waals surface area (Å²) in [5.74, 6) is 0.854. The fourth-order valence-corrected chi connectivity index (χ4v) is 1.94. The maximum atomic E-state index is 5.30. The molecule has 2 rings (SSSR count). The second-order valence-electron chi connectivity index (χ2n) is 4.25. The highest BCUT2D eigenvalue weighted by Gasteiger charge is 2.03. The minimum atomic E-state index is 0.571. The van der Waals surface area contributed by atoms with Crippen LogP contribution >= 0.6 is 0 Å². The topological polar surface area (TPSA) is 18.5 Å². The number of ether oxygens (including phenoxy) is 2. The third kappa shape index (κ3) is 3.70. The molecule has 0 aromatic heterocycles. The van der Waals surface area contributed by atoms with Crippen LogP contribution in [0.1, 0.15) is 11.1 Å². The predicted molar refractivity (Wildman–Crippen MR) is 79.2 cm³/mol. The average Bonchev–Trinajstić information content (AvgIpc) is 2.48. The van der Waals surface area contributed by atoms with Crippen LogP contribution in [0.15, 0.2) is 54.6 Å². The van der Waals surface area contributed by atoms with E-state index in [9.17, 15) is 0 Å². The molecule has 0 aliphatic rings. The molecule has 0 N–H and O–H groups in total. The van der Waals surface area contributed by atoms with E-state index < -0.39 is 0 Å². The van der Waals surface area contributed by atoms with E-state index >= 15 is 0 Å². The Morgan fingerprint density at radius 2 is 1.79 bits per heavy atom. The highest BCUT2D eigenvalue weighted by molar-refractivity contribution is 5.82. The molecule has 0 spiro atoms. The van der Waals surface area contributed by atoms with Gasteiger partial charge in [0.15, 0.2) is 0 Å². The molecule has 2 aromatic carbocycles. The fraction of sp³-hybridized carbons (Fsp3) is 0.176. The van der Waals surface area contributed by atoms with Crippen LogP contribution in [0.5, 0.6) is 5.75 Å². The van der Waals surface area contributed by atoms with Crippen LogP contribution in [0.3, 0.4) is 0 Å². The van der Waals surface area contributed by atoms with Gasteiger partial charge in [-0.05, 0) is 34.9 Å². The van der Waals surface area contributed by atoms with Crippen molar-refractivity contribution in [3.05, 3.63) is 65.7 Å². The third-order valence-corrected chi connectivity index (χ3v) is 2.88. The maximum absolute atomic E-state index is 5.30. The highest BCUT2D eigenvalue weighted by Crippen LogP contribution is 2.22. The Morgan fingerprint density at radius 3 is 2.47 bits per heavy atom. The lowest BCUT2D eigenvalue weighted by atomic mass is 10.0. The zero-order valence-corrected chi connectivity index (χ0v) is 11.3. The normalized spacial score (nSPS) is 11.4. The standard InChI is InChI=1S/C17H18O2/c1-18-13-16(11-14-7-4-3-5-8-14)15-9-6-10-17(12-15)19-2/h3-12H,13H2,1-2H3/b16-11+. The van der Waals surface area contributed by atoms with Crippen molar-refractivity contribution in [2.75, 3.05) is 20.8 Å². The van der Waals surface area contributed by atoms with E-state index in [0.29, 0.717) is 6.61 Å². The zero-order valence-electron chi connectivity index (χ0n) is 11.3. The van der Waals surface area contributed by atoms with Crippen LogP contribution in [0.4, 0.5) is 0 Å². The lowest BCUT2D eigenvalue weighted by molar-refractivity contribution is 0.240. The lowest BCUT2D eigenvalue weighted by Gasteiger charge is -2.09. The third-order valence-electron chi connectivity index (χ3n) is 2.88. The van der Waals surface area contributed by atoms with Gasteiger partial charge < -0.3 is 9.47 Å². The fourth-order valence-electron chi connectivity index (χ4n) is 1.94. The summed E-state index contributed by atoms with van der Waals surface area (Å²) < 4.78 is 10.6. The number of hydrogen-bond donors (Lipinski definition) is 0. The average molecular weight is 254 g/mol. The van der Waals surface area contributed by atoms with Crippen LogP contribution in [-0.4, -0.2) is 20.8 Å². The van der Waals surface area contributed by atoms with Crippen molar-refractivity contribution in [1.29, 1.82) is 0 Å². The van der Waals surface area contributed by atoms with Gasteiger partial charge in [0.1, 0.15) is 5.75 Å². The summed E-state index contributed by atoms with van der Waals surface area (Å²) in [6.07, 6.45) is 2.14. The van der Waals surface area contributed by atoms with Crippen molar-refractivity contribution in [3.63, 3.8) is 0 Å². The number of hydrogen-bond acceptors (Lipinski definition) is 2. The molecule has 0 saturated heterocycles. The molecule has 0 aliphatic carbocycles. The number of methoxy groups -OCH3 is 2. The van der Waals surface area contributed by atoms with Gasteiger partial charge in [0.2, 0.25) is 0 Å². The van der Waals surface area contributed by atoms with Crippen molar-refractivity contribution in [2.24, 2.45) is 0 Å². The molecule has 0 heterocycles. The Bertz CT molecular complexity index is 544. The first-order valence-corrected chi connectivity index (χ1v) is 6.22. The van der Waals surface area contributed by atoms with Crippen molar-refractivity contribution in [3.8, 4) is 5.75 Å². The molecule has 0 bridgehead atoms. The van der Waals surface area contributed by atoms with Crippen molar-refractivity contribution in [2.45, 2.75) is 0 Å². The largest absolute Gasteiger partial charge is 0.497 e. The summed E-state index contributed by atoms with van der Waals surface area (Å²) in [6, 6.07) is 18.2. The summed E-state index contributed by atoms with van der Waals surface area (Å²) in [4.78, 5) is 0. The summed E-state index contributed by atoms with van der Waals surface area (Å²) >= 11 is 0. The van der Waals surface area contributed by atoms with Gasteiger partial charge in [-0.2, -0.15) is 0 Å². The summed E-state index contributed by atoms with van der Waals surface area (Å²) in [5, 5.41) is 0. The number of benzene rings is 2. The molecule has 0 amide bonds. The quantitative estimate of drug-likeness (QED) is 0.754. The molecular formula is C17H18O2. The molecule has 19 heavy (non-hydrogen) atoms. The van der Waals surface area contributed by atoms with Gasteiger partial charge >= 0.3 is 0 Å². The minimum absolute atomic E-state index is 0.571.